The molecule has 0 bridgehead atoms. The van der Waals surface area contributed by atoms with Crippen LogP contribution < -0.4 is 10.1 Å². The summed E-state index contributed by atoms with van der Waals surface area (Å²) in [5.74, 6) is 1.64. The first kappa shape index (κ1) is 13.4. The molecule has 1 aliphatic heterocycles. The third-order valence-corrected chi connectivity index (χ3v) is 3.51. The van der Waals surface area contributed by atoms with Crippen molar-refractivity contribution >= 4 is 17.4 Å². The smallest absolute Gasteiger partial charge is 0.198 e. The lowest BCUT2D eigenvalue weighted by atomic mass is 10.00. The van der Waals surface area contributed by atoms with Crippen molar-refractivity contribution < 1.29 is 9.47 Å². The van der Waals surface area contributed by atoms with E-state index in [-0.39, 0.29) is 0 Å². The molecule has 1 saturated heterocycles. The fourth-order valence-corrected chi connectivity index (χ4v) is 2.47. The Kier molecular flexibility index (Phi) is 4.60. The largest absolute Gasteiger partial charge is 0.490 e. The molecule has 1 aromatic rings. The Morgan fingerprint density at radius 3 is 3.11 bits per heavy atom. The molecule has 18 heavy (non-hydrogen) atoms. The van der Waals surface area contributed by atoms with Crippen molar-refractivity contribution in [1.29, 1.82) is 0 Å². The van der Waals surface area contributed by atoms with Gasteiger partial charge in [-0.15, -0.1) is 0 Å². The lowest BCUT2D eigenvalue weighted by molar-refractivity contribution is 0.0900. The van der Waals surface area contributed by atoms with Gasteiger partial charge in [-0.2, -0.15) is 0 Å². The number of nitrogens with zero attached hydrogens (tertiary/aromatic N) is 2. The van der Waals surface area contributed by atoms with Gasteiger partial charge in [0.1, 0.15) is 6.33 Å². The molecule has 6 heteroatoms. The van der Waals surface area contributed by atoms with E-state index in [1.54, 1.807) is 7.11 Å². The van der Waals surface area contributed by atoms with Gasteiger partial charge in [-0.05, 0) is 12.8 Å². The SMILES string of the molecule is CCC1OCCC1CNc1ncnc(Cl)c1OC. The molecule has 0 saturated carbocycles. The highest BCUT2D eigenvalue weighted by Crippen LogP contribution is 2.30. The standard InChI is InChI=1S/C12H18ClN3O2/c1-3-9-8(4-5-18-9)6-14-12-10(17-2)11(13)15-7-16-12/h7-9H,3-6H2,1-2H3,(H,14,15,16). The summed E-state index contributed by atoms with van der Waals surface area (Å²) in [6.07, 6.45) is 3.87. The van der Waals surface area contributed by atoms with E-state index in [0.29, 0.717) is 28.7 Å². The molecular weight excluding hydrogens is 254 g/mol. The third kappa shape index (κ3) is 2.84. The van der Waals surface area contributed by atoms with Gasteiger partial charge in [0.15, 0.2) is 16.7 Å². The number of hydrogen-bond acceptors (Lipinski definition) is 5. The molecule has 2 unspecified atom stereocenters. The molecule has 100 valence electrons. The Labute approximate surface area is 112 Å². The van der Waals surface area contributed by atoms with E-state index in [9.17, 15) is 0 Å². The first-order valence-electron chi connectivity index (χ1n) is 6.16. The normalized spacial score (nSPS) is 23.1. The van der Waals surface area contributed by atoms with Crippen molar-refractivity contribution in [3.63, 3.8) is 0 Å². The van der Waals surface area contributed by atoms with Crippen LogP contribution in [0.15, 0.2) is 6.33 Å². The Hall–Kier alpha value is -1.07. The van der Waals surface area contributed by atoms with Gasteiger partial charge in [0.25, 0.3) is 0 Å². The van der Waals surface area contributed by atoms with E-state index >= 15 is 0 Å². The molecule has 2 heterocycles. The lowest BCUT2D eigenvalue weighted by Gasteiger charge is -2.18. The molecule has 0 spiro atoms. The van der Waals surface area contributed by atoms with Crippen LogP contribution in [0.4, 0.5) is 5.82 Å². The second-order valence-corrected chi connectivity index (χ2v) is 4.65. The minimum Gasteiger partial charge on any atom is -0.490 e. The van der Waals surface area contributed by atoms with E-state index in [2.05, 4.69) is 22.2 Å². The fraction of sp³-hybridized carbons (Fsp3) is 0.667. The average Bonchev–Trinajstić information content (AvgIpc) is 2.83. The third-order valence-electron chi connectivity index (χ3n) is 3.24. The zero-order valence-electron chi connectivity index (χ0n) is 10.6. The molecule has 0 amide bonds. The first-order chi connectivity index (χ1) is 8.76. The number of anilines is 1. The highest BCUT2D eigenvalue weighted by atomic mass is 35.5. The van der Waals surface area contributed by atoms with E-state index in [1.165, 1.54) is 6.33 Å². The molecule has 2 rings (SSSR count). The van der Waals surface area contributed by atoms with Crippen LogP contribution in [0.5, 0.6) is 5.75 Å². The fourth-order valence-electron chi connectivity index (χ4n) is 2.26. The van der Waals surface area contributed by atoms with Gasteiger partial charge in [-0.25, -0.2) is 9.97 Å². The number of nitrogens with one attached hydrogen (secondary N) is 1. The Morgan fingerprint density at radius 1 is 1.56 bits per heavy atom. The molecule has 1 N–H and O–H groups in total. The van der Waals surface area contributed by atoms with Crippen molar-refractivity contribution in [3.8, 4) is 5.75 Å². The van der Waals surface area contributed by atoms with Crippen LogP contribution in [0, 0.1) is 5.92 Å². The van der Waals surface area contributed by atoms with Gasteiger partial charge in [-0.1, -0.05) is 18.5 Å². The minimum atomic E-state index is 0.324. The predicted octanol–water partition coefficient (Wildman–Crippen LogP) is 2.37. The van der Waals surface area contributed by atoms with Crippen LogP contribution >= 0.6 is 11.6 Å². The summed E-state index contributed by atoms with van der Waals surface area (Å²) in [5.41, 5.74) is 0. The van der Waals surface area contributed by atoms with Crippen molar-refractivity contribution in [2.45, 2.75) is 25.9 Å². The van der Waals surface area contributed by atoms with E-state index in [0.717, 1.165) is 26.0 Å². The van der Waals surface area contributed by atoms with Gasteiger partial charge >= 0.3 is 0 Å². The maximum atomic E-state index is 5.94. The molecule has 0 aromatic carbocycles. The first-order valence-corrected chi connectivity index (χ1v) is 6.54. The molecule has 0 radical (unpaired) electrons. The number of aromatic nitrogens is 2. The zero-order valence-corrected chi connectivity index (χ0v) is 11.4. The van der Waals surface area contributed by atoms with Gasteiger partial charge in [0.2, 0.25) is 0 Å². The highest BCUT2D eigenvalue weighted by molar-refractivity contribution is 6.31. The number of hydrogen-bond donors (Lipinski definition) is 1. The minimum absolute atomic E-state index is 0.324. The topological polar surface area (TPSA) is 56.3 Å². The summed E-state index contributed by atoms with van der Waals surface area (Å²) in [5, 5.41) is 3.59. The summed E-state index contributed by atoms with van der Waals surface area (Å²) in [6, 6.07) is 0. The second kappa shape index (κ2) is 6.20. The van der Waals surface area contributed by atoms with Crippen molar-refractivity contribution in [1.82, 2.24) is 9.97 Å². The van der Waals surface area contributed by atoms with Gasteiger partial charge < -0.3 is 14.8 Å². The zero-order chi connectivity index (χ0) is 13.0. The quantitative estimate of drug-likeness (QED) is 0.833. The Balaban J connectivity index is 2.00. The summed E-state index contributed by atoms with van der Waals surface area (Å²) in [4.78, 5) is 8.04. The molecular formula is C12H18ClN3O2. The summed E-state index contributed by atoms with van der Waals surface area (Å²) in [7, 11) is 1.56. The van der Waals surface area contributed by atoms with Crippen LogP contribution in [0.3, 0.4) is 0 Å². The van der Waals surface area contributed by atoms with Crippen LogP contribution in [0.25, 0.3) is 0 Å². The van der Waals surface area contributed by atoms with E-state index in [4.69, 9.17) is 21.1 Å². The van der Waals surface area contributed by atoms with Crippen molar-refractivity contribution in [3.05, 3.63) is 11.5 Å². The summed E-state index contributed by atoms with van der Waals surface area (Å²) in [6.45, 7) is 3.79. The van der Waals surface area contributed by atoms with Gasteiger partial charge in [0.05, 0.1) is 13.2 Å². The maximum absolute atomic E-state index is 5.94. The number of ether oxygens (including phenoxy) is 2. The molecule has 5 nitrogen and oxygen atoms in total. The Bertz CT molecular complexity index is 403. The second-order valence-electron chi connectivity index (χ2n) is 4.29. The monoisotopic (exact) mass is 271 g/mol. The lowest BCUT2D eigenvalue weighted by Crippen LogP contribution is -2.23. The van der Waals surface area contributed by atoms with Crippen LogP contribution in [-0.2, 0) is 4.74 Å². The molecule has 0 aliphatic carbocycles. The highest BCUT2D eigenvalue weighted by Gasteiger charge is 2.26. The molecule has 1 fully saturated rings. The van der Waals surface area contributed by atoms with E-state index in [1.807, 2.05) is 0 Å². The van der Waals surface area contributed by atoms with Crippen LogP contribution in [-0.4, -0.2) is 36.3 Å². The average molecular weight is 272 g/mol. The molecule has 1 aliphatic rings. The van der Waals surface area contributed by atoms with E-state index < -0.39 is 0 Å². The maximum Gasteiger partial charge on any atom is 0.198 e. The summed E-state index contributed by atoms with van der Waals surface area (Å²) < 4.78 is 10.8. The summed E-state index contributed by atoms with van der Waals surface area (Å²) >= 11 is 5.94. The molecule has 1 aromatic heterocycles. The van der Waals surface area contributed by atoms with Crippen molar-refractivity contribution in [2.75, 3.05) is 25.6 Å². The van der Waals surface area contributed by atoms with Crippen LogP contribution in [0.2, 0.25) is 5.15 Å². The number of methoxy groups -OCH3 is 1. The van der Waals surface area contributed by atoms with Crippen LogP contribution in [0.1, 0.15) is 19.8 Å². The number of halogens is 1. The van der Waals surface area contributed by atoms with Gasteiger partial charge in [-0.3, -0.25) is 0 Å². The Morgan fingerprint density at radius 2 is 2.39 bits per heavy atom. The predicted molar refractivity (Wildman–Crippen MR) is 70.2 cm³/mol. The van der Waals surface area contributed by atoms with Crippen molar-refractivity contribution in [2.24, 2.45) is 5.92 Å². The molecule has 2 atom stereocenters. The number of rotatable bonds is 5. The van der Waals surface area contributed by atoms with Gasteiger partial charge in [0, 0.05) is 19.1 Å².